The highest BCUT2D eigenvalue weighted by molar-refractivity contribution is 5.58. The molecule has 1 rings (SSSR count). The van der Waals surface area contributed by atoms with Crippen LogP contribution in [0.25, 0.3) is 0 Å². The van der Waals surface area contributed by atoms with Crippen molar-refractivity contribution in [3.05, 3.63) is 0 Å². The summed E-state index contributed by atoms with van der Waals surface area (Å²) in [6.07, 6.45) is 0.00519. The van der Waals surface area contributed by atoms with E-state index in [2.05, 4.69) is 0 Å². The summed E-state index contributed by atoms with van der Waals surface area (Å²) >= 11 is 0. The van der Waals surface area contributed by atoms with Crippen molar-refractivity contribution >= 4 is 6.08 Å². The van der Waals surface area contributed by atoms with Gasteiger partial charge in [-0.15, -0.1) is 0 Å². The van der Waals surface area contributed by atoms with Crippen LogP contribution in [0, 0.1) is 0 Å². The van der Waals surface area contributed by atoms with Crippen LogP contribution in [0.2, 0.25) is 0 Å². The normalized spacial score (nSPS) is 19.6. The van der Waals surface area contributed by atoms with Crippen molar-refractivity contribution in [3.63, 3.8) is 0 Å². The first kappa shape index (κ1) is 11.3. The highest BCUT2D eigenvalue weighted by Gasteiger charge is 2.25. The van der Waals surface area contributed by atoms with Gasteiger partial charge in [-0.25, -0.2) is 5.01 Å². The molecular formula is C9H20N3O2+. The van der Waals surface area contributed by atoms with E-state index in [-0.39, 0.29) is 11.7 Å². The van der Waals surface area contributed by atoms with Crippen LogP contribution in [0.3, 0.4) is 0 Å². The quantitative estimate of drug-likeness (QED) is 0.327. The minimum atomic E-state index is -0.357. The van der Waals surface area contributed by atoms with Crippen molar-refractivity contribution in [2.45, 2.75) is 26.4 Å². The first-order valence-electron chi connectivity index (χ1n) is 4.88. The maximum atomic E-state index is 9.66. The monoisotopic (exact) mass is 202 g/mol. The second kappa shape index (κ2) is 4.14. The summed E-state index contributed by atoms with van der Waals surface area (Å²) in [4.78, 5) is 0. The third-order valence-electron chi connectivity index (χ3n) is 1.98. The number of nitrogens with zero attached hydrogens (tertiary/aromatic N) is 2. The van der Waals surface area contributed by atoms with Crippen LogP contribution in [-0.2, 0) is 4.74 Å². The van der Waals surface area contributed by atoms with Crippen LogP contribution in [0.4, 0.5) is 0 Å². The fourth-order valence-corrected chi connectivity index (χ4v) is 1.25. The van der Waals surface area contributed by atoms with Crippen LogP contribution < -0.4 is 5.84 Å². The smallest absolute Gasteiger partial charge is 0.430 e. The zero-order valence-electron chi connectivity index (χ0n) is 9.16. The Balaban J connectivity index is 2.56. The zero-order valence-corrected chi connectivity index (χ0v) is 9.16. The summed E-state index contributed by atoms with van der Waals surface area (Å²) in [5.74, 6) is 5.60. The Bertz CT molecular complexity index is 223. The maximum absolute atomic E-state index is 9.66. The molecule has 0 unspecified atom stereocenters. The molecule has 0 atom stereocenters. The maximum Gasteiger partial charge on any atom is 0.547 e. The molecule has 0 aliphatic carbocycles. The lowest BCUT2D eigenvalue weighted by Crippen LogP contribution is -2.48. The summed E-state index contributed by atoms with van der Waals surface area (Å²) in [5, 5.41) is 11.4. The molecule has 1 saturated heterocycles. The highest BCUT2D eigenvalue weighted by atomic mass is 16.6. The summed E-state index contributed by atoms with van der Waals surface area (Å²) in [6.45, 7) is 8.62. The second-order valence-electron chi connectivity index (χ2n) is 4.52. The third kappa shape index (κ3) is 3.51. The molecule has 82 valence electrons. The third-order valence-corrected chi connectivity index (χ3v) is 1.98. The average Bonchev–Trinajstić information content (AvgIpc) is 2.02. The van der Waals surface area contributed by atoms with Crippen LogP contribution in [0.1, 0.15) is 20.8 Å². The number of aliphatic hydroxyl groups is 1. The van der Waals surface area contributed by atoms with Crippen LogP contribution in [-0.4, -0.2) is 52.6 Å². The van der Waals surface area contributed by atoms with Gasteiger partial charge in [-0.1, -0.05) is 0 Å². The van der Waals surface area contributed by atoms with Gasteiger partial charge in [0.15, 0.2) is 13.1 Å². The topological polar surface area (TPSA) is 61.7 Å². The zero-order chi connectivity index (χ0) is 10.8. The van der Waals surface area contributed by atoms with E-state index in [0.717, 1.165) is 13.1 Å². The molecule has 0 aromatic rings. The molecule has 0 spiro atoms. The van der Waals surface area contributed by atoms with Crippen molar-refractivity contribution in [2.75, 3.05) is 26.2 Å². The number of rotatable bonds is 0. The van der Waals surface area contributed by atoms with E-state index in [0.29, 0.717) is 13.1 Å². The lowest BCUT2D eigenvalue weighted by Gasteiger charge is -2.22. The lowest BCUT2D eigenvalue weighted by molar-refractivity contribution is -0.557. The van der Waals surface area contributed by atoms with Crippen molar-refractivity contribution in [3.8, 4) is 0 Å². The molecule has 0 saturated carbocycles. The van der Waals surface area contributed by atoms with Gasteiger partial charge in [0.2, 0.25) is 0 Å². The minimum absolute atomic E-state index is 0.00519. The van der Waals surface area contributed by atoms with Gasteiger partial charge in [0.1, 0.15) is 5.60 Å². The number of piperazine rings is 1. The molecule has 0 bridgehead atoms. The Morgan fingerprint density at radius 3 is 2.29 bits per heavy atom. The summed E-state index contributed by atoms with van der Waals surface area (Å²) < 4.78 is 7.15. The SMILES string of the molecule is CC(C)(C)OC(O)=[N+]1CCN(N)CC1. The first-order valence-corrected chi connectivity index (χ1v) is 4.88. The Kier molecular flexibility index (Phi) is 3.34. The predicted octanol–water partition coefficient (Wildman–Crippen LogP) is -0.0827. The van der Waals surface area contributed by atoms with Crippen molar-refractivity contribution in [2.24, 2.45) is 5.84 Å². The summed E-state index contributed by atoms with van der Waals surface area (Å²) in [6, 6.07) is 0. The molecule has 0 aromatic carbocycles. The Labute approximate surface area is 84.7 Å². The van der Waals surface area contributed by atoms with Crippen molar-refractivity contribution in [1.82, 2.24) is 5.01 Å². The molecule has 1 aliphatic rings. The van der Waals surface area contributed by atoms with Gasteiger partial charge in [-0.2, -0.15) is 4.58 Å². The van der Waals surface area contributed by atoms with Gasteiger partial charge in [-0.05, 0) is 20.8 Å². The van der Waals surface area contributed by atoms with E-state index >= 15 is 0 Å². The fraction of sp³-hybridized carbons (Fsp3) is 0.889. The van der Waals surface area contributed by atoms with E-state index in [1.165, 1.54) is 0 Å². The molecule has 1 fully saturated rings. The van der Waals surface area contributed by atoms with Gasteiger partial charge in [0.05, 0.1) is 13.1 Å². The van der Waals surface area contributed by atoms with Gasteiger partial charge in [0.25, 0.3) is 0 Å². The number of ether oxygens (including phenoxy) is 1. The molecule has 3 N–H and O–H groups in total. The number of nitrogens with two attached hydrogens (primary N) is 1. The number of hydrazine groups is 1. The number of hydrogen-bond acceptors (Lipinski definition) is 3. The van der Waals surface area contributed by atoms with Gasteiger partial charge >= 0.3 is 6.08 Å². The van der Waals surface area contributed by atoms with Crippen molar-refractivity contribution < 1.29 is 14.4 Å². The fourth-order valence-electron chi connectivity index (χ4n) is 1.25. The highest BCUT2D eigenvalue weighted by Crippen LogP contribution is 2.07. The second-order valence-corrected chi connectivity index (χ2v) is 4.52. The van der Waals surface area contributed by atoms with Crippen LogP contribution >= 0.6 is 0 Å². The summed E-state index contributed by atoms with van der Waals surface area (Å²) in [7, 11) is 0. The lowest BCUT2D eigenvalue weighted by atomic mass is 10.2. The minimum Gasteiger partial charge on any atom is -0.430 e. The molecule has 5 nitrogen and oxygen atoms in total. The van der Waals surface area contributed by atoms with Crippen LogP contribution in [0.15, 0.2) is 0 Å². The molecule has 0 amide bonds. The van der Waals surface area contributed by atoms with E-state index in [9.17, 15) is 5.11 Å². The van der Waals surface area contributed by atoms with E-state index in [1.807, 2.05) is 20.8 Å². The average molecular weight is 202 g/mol. The first-order chi connectivity index (χ1) is 6.38. The molecular weight excluding hydrogens is 182 g/mol. The molecule has 5 heteroatoms. The molecule has 0 aromatic heterocycles. The van der Waals surface area contributed by atoms with Gasteiger partial charge in [0, 0.05) is 0 Å². The number of hydrogen-bond donors (Lipinski definition) is 2. The predicted molar refractivity (Wildman–Crippen MR) is 54.2 cm³/mol. The van der Waals surface area contributed by atoms with Crippen molar-refractivity contribution in [1.29, 1.82) is 0 Å². The van der Waals surface area contributed by atoms with E-state index in [4.69, 9.17) is 10.6 Å². The molecule has 0 radical (unpaired) electrons. The number of aliphatic hydroxyl groups excluding tert-OH is 1. The Morgan fingerprint density at radius 1 is 1.36 bits per heavy atom. The molecule has 1 heterocycles. The van der Waals surface area contributed by atoms with Gasteiger partial charge < -0.3 is 9.84 Å². The van der Waals surface area contributed by atoms with E-state index in [1.54, 1.807) is 9.58 Å². The molecule has 14 heavy (non-hydrogen) atoms. The Hall–Kier alpha value is -0.810. The largest absolute Gasteiger partial charge is 0.547 e. The molecule has 1 aliphatic heterocycles. The summed E-state index contributed by atoms with van der Waals surface area (Å²) in [5.41, 5.74) is -0.357. The van der Waals surface area contributed by atoms with E-state index < -0.39 is 0 Å². The van der Waals surface area contributed by atoms with Gasteiger partial charge in [-0.3, -0.25) is 5.84 Å². The standard InChI is InChI=1S/C9H19N3O2/c1-9(2,3)14-8(13)11-4-6-12(10)7-5-11/h4-7,10H2,1-3H3/p+1. The van der Waals surface area contributed by atoms with Crippen LogP contribution in [0.5, 0.6) is 0 Å². The Morgan fingerprint density at radius 2 is 1.86 bits per heavy atom.